The van der Waals surface area contributed by atoms with Crippen molar-refractivity contribution < 1.29 is 9.50 Å². The van der Waals surface area contributed by atoms with E-state index in [2.05, 4.69) is 21.2 Å². The molecule has 0 amide bonds. The Hall–Kier alpha value is -1.55. The molecule has 0 saturated carbocycles. The molecule has 2 aromatic rings. The Balaban J connectivity index is 2.20. The van der Waals surface area contributed by atoms with Gasteiger partial charge in [0, 0.05) is 16.2 Å². The van der Waals surface area contributed by atoms with Crippen LogP contribution in [0.1, 0.15) is 24.1 Å². The number of phenolic OH excluding ortho intramolecular Hbond substituents is 1. The molecule has 0 aromatic heterocycles. The minimum absolute atomic E-state index is 0.0268. The van der Waals surface area contributed by atoms with Crippen LogP contribution in [0.15, 0.2) is 40.9 Å². The van der Waals surface area contributed by atoms with Gasteiger partial charge in [0.25, 0.3) is 0 Å². The summed E-state index contributed by atoms with van der Waals surface area (Å²) in [5, 5.41) is 12.8. The standard InChI is InChI=1S/C15H15BrFNO/c1-9-7-12(4-6-15(9)19)18-10(2)13-5-3-11(17)8-14(13)16/h3-8,10,18-19H,1-2H3. The fourth-order valence-corrected chi connectivity index (χ4v) is 2.62. The highest BCUT2D eigenvalue weighted by molar-refractivity contribution is 9.10. The zero-order valence-corrected chi connectivity index (χ0v) is 12.3. The van der Waals surface area contributed by atoms with Gasteiger partial charge >= 0.3 is 0 Å². The van der Waals surface area contributed by atoms with E-state index in [0.29, 0.717) is 0 Å². The van der Waals surface area contributed by atoms with E-state index < -0.39 is 0 Å². The average Bonchev–Trinajstić information content (AvgIpc) is 2.33. The maximum absolute atomic E-state index is 13.1. The molecule has 2 N–H and O–H groups in total. The lowest BCUT2D eigenvalue weighted by molar-refractivity contribution is 0.471. The van der Waals surface area contributed by atoms with Gasteiger partial charge in [-0.1, -0.05) is 22.0 Å². The number of hydrogen-bond donors (Lipinski definition) is 2. The summed E-state index contributed by atoms with van der Waals surface area (Å²) in [5.41, 5.74) is 2.71. The van der Waals surface area contributed by atoms with Gasteiger partial charge in [0.1, 0.15) is 11.6 Å². The largest absolute Gasteiger partial charge is 0.508 e. The van der Waals surface area contributed by atoms with E-state index >= 15 is 0 Å². The molecule has 0 heterocycles. The molecule has 0 aliphatic heterocycles. The third-order valence-corrected chi connectivity index (χ3v) is 3.70. The van der Waals surface area contributed by atoms with Gasteiger partial charge in [0.05, 0.1) is 0 Å². The van der Waals surface area contributed by atoms with E-state index in [1.54, 1.807) is 12.1 Å². The molecule has 100 valence electrons. The van der Waals surface area contributed by atoms with Crippen molar-refractivity contribution >= 4 is 21.6 Å². The van der Waals surface area contributed by atoms with E-state index in [4.69, 9.17) is 0 Å². The molecule has 0 aliphatic carbocycles. The van der Waals surface area contributed by atoms with Gasteiger partial charge < -0.3 is 10.4 Å². The highest BCUT2D eigenvalue weighted by Gasteiger charge is 2.10. The number of benzene rings is 2. The first-order valence-electron chi connectivity index (χ1n) is 5.98. The van der Waals surface area contributed by atoms with Crippen molar-refractivity contribution in [3.8, 4) is 5.75 Å². The Morgan fingerprint density at radius 3 is 2.58 bits per heavy atom. The lowest BCUT2D eigenvalue weighted by Crippen LogP contribution is -2.07. The van der Waals surface area contributed by atoms with Crippen LogP contribution >= 0.6 is 15.9 Å². The molecule has 1 unspecified atom stereocenters. The highest BCUT2D eigenvalue weighted by atomic mass is 79.9. The van der Waals surface area contributed by atoms with E-state index in [0.717, 1.165) is 21.3 Å². The number of nitrogens with one attached hydrogen (secondary N) is 1. The van der Waals surface area contributed by atoms with Crippen molar-refractivity contribution in [2.24, 2.45) is 0 Å². The van der Waals surface area contributed by atoms with Crippen LogP contribution in [0.25, 0.3) is 0 Å². The quantitative estimate of drug-likeness (QED) is 0.797. The van der Waals surface area contributed by atoms with E-state index in [1.165, 1.54) is 12.1 Å². The summed E-state index contributed by atoms with van der Waals surface area (Å²) < 4.78 is 13.8. The number of aryl methyl sites for hydroxylation is 1. The van der Waals surface area contributed by atoms with E-state index in [1.807, 2.05) is 26.0 Å². The SMILES string of the molecule is Cc1cc(NC(C)c2ccc(F)cc2Br)ccc1O. The van der Waals surface area contributed by atoms with Crippen LogP contribution in [-0.2, 0) is 0 Å². The number of halogens is 2. The Morgan fingerprint density at radius 2 is 1.95 bits per heavy atom. The molecular weight excluding hydrogens is 309 g/mol. The van der Waals surface area contributed by atoms with Gasteiger partial charge in [-0.2, -0.15) is 0 Å². The highest BCUT2D eigenvalue weighted by Crippen LogP contribution is 2.28. The molecule has 1 atom stereocenters. The first kappa shape index (κ1) is 13.9. The second kappa shape index (κ2) is 5.61. The smallest absolute Gasteiger partial charge is 0.124 e. The first-order chi connectivity index (χ1) is 8.97. The maximum Gasteiger partial charge on any atom is 0.124 e. The Labute approximate surface area is 120 Å². The molecule has 0 spiro atoms. The molecule has 0 aliphatic rings. The molecular formula is C15H15BrFNO. The van der Waals surface area contributed by atoms with Gasteiger partial charge in [-0.05, 0) is 55.3 Å². The molecule has 4 heteroatoms. The van der Waals surface area contributed by atoms with Crippen molar-refractivity contribution in [2.45, 2.75) is 19.9 Å². The fraction of sp³-hybridized carbons (Fsp3) is 0.200. The zero-order valence-electron chi connectivity index (χ0n) is 10.7. The normalized spacial score (nSPS) is 12.2. The number of hydrogen-bond acceptors (Lipinski definition) is 2. The molecule has 19 heavy (non-hydrogen) atoms. The summed E-state index contributed by atoms with van der Waals surface area (Å²) in [7, 11) is 0. The lowest BCUT2D eigenvalue weighted by atomic mass is 10.1. The minimum Gasteiger partial charge on any atom is -0.508 e. The predicted octanol–water partition coefficient (Wildman–Crippen LogP) is 4.78. The third kappa shape index (κ3) is 3.26. The van der Waals surface area contributed by atoms with Crippen molar-refractivity contribution in [1.82, 2.24) is 0 Å². The molecule has 0 radical (unpaired) electrons. The van der Waals surface area contributed by atoms with E-state index in [-0.39, 0.29) is 17.6 Å². The summed E-state index contributed by atoms with van der Waals surface area (Å²) in [4.78, 5) is 0. The van der Waals surface area contributed by atoms with Crippen LogP contribution in [0.5, 0.6) is 5.75 Å². The summed E-state index contributed by atoms with van der Waals surface area (Å²) in [6, 6.07) is 10.0. The Bertz CT molecular complexity index is 601. The molecule has 2 aromatic carbocycles. The zero-order chi connectivity index (χ0) is 14.0. The van der Waals surface area contributed by atoms with Crippen LogP contribution in [-0.4, -0.2) is 5.11 Å². The molecule has 0 bridgehead atoms. The van der Waals surface area contributed by atoms with Crippen molar-refractivity contribution in [3.63, 3.8) is 0 Å². The van der Waals surface area contributed by atoms with Crippen LogP contribution in [0.4, 0.5) is 10.1 Å². The van der Waals surface area contributed by atoms with Gasteiger partial charge in [0.2, 0.25) is 0 Å². The van der Waals surface area contributed by atoms with Gasteiger partial charge in [-0.3, -0.25) is 0 Å². The average molecular weight is 324 g/mol. The molecule has 2 nitrogen and oxygen atoms in total. The first-order valence-corrected chi connectivity index (χ1v) is 6.78. The molecule has 0 fully saturated rings. The number of aromatic hydroxyl groups is 1. The lowest BCUT2D eigenvalue weighted by Gasteiger charge is -2.17. The molecule has 0 saturated heterocycles. The Morgan fingerprint density at radius 1 is 1.21 bits per heavy atom. The van der Waals surface area contributed by atoms with Crippen molar-refractivity contribution in [1.29, 1.82) is 0 Å². The molecule has 2 rings (SSSR count). The van der Waals surface area contributed by atoms with Gasteiger partial charge in [-0.25, -0.2) is 4.39 Å². The second-order valence-electron chi connectivity index (χ2n) is 4.53. The number of anilines is 1. The van der Waals surface area contributed by atoms with Gasteiger partial charge in [0.15, 0.2) is 0 Å². The van der Waals surface area contributed by atoms with Crippen LogP contribution in [0, 0.1) is 12.7 Å². The summed E-state index contributed by atoms with van der Waals surface area (Å²) in [6.45, 7) is 3.85. The summed E-state index contributed by atoms with van der Waals surface area (Å²) >= 11 is 3.37. The number of phenols is 1. The minimum atomic E-state index is -0.261. The van der Waals surface area contributed by atoms with Crippen LogP contribution in [0.3, 0.4) is 0 Å². The van der Waals surface area contributed by atoms with Crippen LogP contribution < -0.4 is 5.32 Å². The summed E-state index contributed by atoms with van der Waals surface area (Å²) in [6.07, 6.45) is 0. The Kier molecular flexibility index (Phi) is 4.10. The van der Waals surface area contributed by atoms with E-state index in [9.17, 15) is 9.50 Å². The van der Waals surface area contributed by atoms with Crippen molar-refractivity contribution in [3.05, 3.63) is 57.8 Å². The third-order valence-electron chi connectivity index (χ3n) is 3.01. The van der Waals surface area contributed by atoms with Crippen LogP contribution in [0.2, 0.25) is 0 Å². The fourth-order valence-electron chi connectivity index (χ4n) is 1.93. The van der Waals surface area contributed by atoms with Gasteiger partial charge in [-0.15, -0.1) is 0 Å². The summed E-state index contributed by atoms with van der Waals surface area (Å²) in [5.74, 6) is 0.0180. The maximum atomic E-state index is 13.1. The topological polar surface area (TPSA) is 32.3 Å². The predicted molar refractivity (Wildman–Crippen MR) is 79.0 cm³/mol. The van der Waals surface area contributed by atoms with Crippen molar-refractivity contribution in [2.75, 3.05) is 5.32 Å². The second-order valence-corrected chi connectivity index (χ2v) is 5.39. The number of rotatable bonds is 3. The monoisotopic (exact) mass is 323 g/mol.